The second kappa shape index (κ2) is 9.27. The van der Waals surface area contributed by atoms with Gasteiger partial charge in [0.2, 0.25) is 0 Å². The largest absolute Gasteiger partial charge is 0.496 e. The smallest absolute Gasteiger partial charge is 0.389 e. The molecule has 4 nitrogen and oxygen atoms in total. The van der Waals surface area contributed by atoms with Gasteiger partial charge in [0.25, 0.3) is 0 Å². The van der Waals surface area contributed by atoms with Gasteiger partial charge < -0.3 is 15.2 Å². The van der Waals surface area contributed by atoms with E-state index in [2.05, 4.69) is 5.32 Å². The molecule has 0 spiro atoms. The molecule has 0 aliphatic rings. The van der Waals surface area contributed by atoms with Crippen LogP contribution in [0.1, 0.15) is 48.9 Å². The van der Waals surface area contributed by atoms with Crippen molar-refractivity contribution in [3.8, 4) is 5.75 Å². The van der Waals surface area contributed by atoms with E-state index in [1.807, 2.05) is 0 Å². The molecule has 0 atom stereocenters. The predicted octanol–water partition coefficient (Wildman–Crippen LogP) is 4.71. The molecule has 0 saturated carbocycles. The zero-order valence-corrected chi connectivity index (χ0v) is 13.1. The zero-order valence-electron chi connectivity index (χ0n) is 13.1. The van der Waals surface area contributed by atoms with Gasteiger partial charge in [-0.25, -0.2) is 4.79 Å². The lowest BCUT2D eigenvalue weighted by molar-refractivity contribution is -0.135. The van der Waals surface area contributed by atoms with Crippen molar-refractivity contribution in [3.05, 3.63) is 23.8 Å². The monoisotopic (exact) mass is 333 g/mol. The molecule has 0 aromatic heterocycles. The maximum Gasteiger partial charge on any atom is 0.389 e. The Labute approximate surface area is 133 Å². The molecule has 0 aliphatic heterocycles. The summed E-state index contributed by atoms with van der Waals surface area (Å²) in [5, 5.41) is 12.1. The van der Waals surface area contributed by atoms with Gasteiger partial charge in [-0.2, -0.15) is 13.2 Å². The van der Waals surface area contributed by atoms with E-state index >= 15 is 0 Å². The Kier molecular flexibility index (Phi) is 7.71. The summed E-state index contributed by atoms with van der Waals surface area (Å²) in [7, 11) is 1.41. The van der Waals surface area contributed by atoms with Crippen LogP contribution in [0.4, 0.5) is 18.9 Å². The lowest BCUT2D eigenvalue weighted by Crippen LogP contribution is -2.06. The highest BCUT2D eigenvalue weighted by Crippen LogP contribution is 2.24. The van der Waals surface area contributed by atoms with Crippen LogP contribution in [0.5, 0.6) is 5.75 Å². The molecule has 0 aliphatic carbocycles. The second-order valence-corrected chi connectivity index (χ2v) is 5.28. The van der Waals surface area contributed by atoms with Gasteiger partial charge in [-0.05, 0) is 25.0 Å². The quantitative estimate of drug-likeness (QED) is 0.609. The van der Waals surface area contributed by atoms with Gasteiger partial charge in [0.1, 0.15) is 11.3 Å². The van der Waals surface area contributed by atoms with Crippen molar-refractivity contribution in [2.45, 2.75) is 44.7 Å². The van der Waals surface area contributed by atoms with E-state index in [-0.39, 0.29) is 17.7 Å². The minimum absolute atomic E-state index is 0.0997. The van der Waals surface area contributed by atoms with Crippen LogP contribution in [0.15, 0.2) is 18.2 Å². The van der Waals surface area contributed by atoms with Gasteiger partial charge in [0, 0.05) is 24.7 Å². The molecular weight excluding hydrogens is 311 g/mol. The average molecular weight is 333 g/mol. The first-order valence-electron chi connectivity index (χ1n) is 7.55. The van der Waals surface area contributed by atoms with Gasteiger partial charge in [-0.15, -0.1) is 0 Å². The lowest BCUT2D eigenvalue weighted by Gasteiger charge is -2.10. The Bertz CT molecular complexity index is 504. The van der Waals surface area contributed by atoms with E-state index in [0.29, 0.717) is 13.0 Å². The Balaban J connectivity index is 2.22. The topological polar surface area (TPSA) is 58.6 Å². The third-order valence-corrected chi connectivity index (χ3v) is 3.40. The highest BCUT2D eigenvalue weighted by molar-refractivity contribution is 5.91. The van der Waals surface area contributed by atoms with Gasteiger partial charge in [-0.1, -0.05) is 19.3 Å². The van der Waals surface area contributed by atoms with Crippen molar-refractivity contribution in [2.75, 3.05) is 19.0 Å². The normalized spacial score (nSPS) is 11.3. The van der Waals surface area contributed by atoms with Gasteiger partial charge in [0.05, 0.1) is 7.11 Å². The van der Waals surface area contributed by atoms with E-state index in [1.54, 1.807) is 12.1 Å². The fraction of sp³-hybridized carbons (Fsp3) is 0.562. The van der Waals surface area contributed by atoms with Gasteiger partial charge in [-0.3, -0.25) is 0 Å². The van der Waals surface area contributed by atoms with Crippen molar-refractivity contribution in [2.24, 2.45) is 0 Å². The summed E-state index contributed by atoms with van der Waals surface area (Å²) in [5.74, 6) is -0.762. The number of unbranched alkanes of at least 4 members (excludes halogenated alkanes) is 4. The lowest BCUT2D eigenvalue weighted by atomic mass is 10.1. The molecule has 0 heterocycles. The summed E-state index contributed by atoms with van der Waals surface area (Å²) < 4.78 is 40.9. The molecule has 2 N–H and O–H groups in total. The van der Waals surface area contributed by atoms with Gasteiger partial charge >= 0.3 is 12.1 Å². The first-order valence-corrected chi connectivity index (χ1v) is 7.55. The van der Waals surface area contributed by atoms with E-state index in [9.17, 15) is 18.0 Å². The van der Waals surface area contributed by atoms with Gasteiger partial charge in [0.15, 0.2) is 0 Å². The van der Waals surface area contributed by atoms with Crippen LogP contribution in [-0.4, -0.2) is 30.9 Å². The van der Waals surface area contributed by atoms with Crippen molar-refractivity contribution in [3.63, 3.8) is 0 Å². The Morgan fingerprint density at radius 1 is 1.17 bits per heavy atom. The Morgan fingerprint density at radius 3 is 2.43 bits per heavy atom. The number of ether oxygens (including phenoxy) is 1. The number of benzene rings is 1. The van der Waals surface area contributed by atoms with Crippen LogP contribution in [0.3, 0.4) is 0 Å². The summed E-state index contributed by atoms with van der Waals surface area (Å²) >= 11 is 0. The molecule has 7 heteroatoms. The van der Waals surface area contributed by atoms with E-state index in [0.717, 1.165) is 24.9 Å². The minimum Gasteiger partial charge on any atom is -0.496 e. The molecule has 1 aromatic carbocycles. The maximum absolute atomic E-state index is 12.0. The number of aromatic carboxylic acids is 1. The number of methoxy groups -OCH3 is 1. The molecule has 0 amide bonds. The molecule has 0 bridgehead atoms. The summed E-state index contributed by atoms with van der Waals surface area (Å²) in [6.45, 7) is 0.675. The van der Waals surface area contributed by atoms with E-state index in [1.165, 1.54) is 13.2 Å². The van der Waals surface area contributed by atoms with Crippen LogP contribution in [0, 0.1) is 0 Å². The number of alkyl halides is 3. The number of carbonyl (C=O) groups is 1. The first kappa shape index (κ1) is 19.1. The molecule has 130 valence electrons. The maximum atomic E-state index is 12.0. The Hall–Kier alpha value is -1.92. The molecule has 0 saturated heterocycles. The predicted molar refractivity (Wildman–Crippen MR) is 82.2 cm³/mol. The zero-order chi connectivity index (χ0) is 17.3. The van der Waals surface area contributed by atoms with Crippen molar-refractivity contribution in [1.29, 1.82) is 0 Å². The summed E-state index contributed by atoms with van der Waals surface area (Å²) in [6, 6.07) is 4.75. The minimum atomic E-state index is -4.05. The van der Waals surface area contributed by atoms with Crippen molar-refractivity contribution < 1.29 is 27.8 Å². The third-order valence-electron chi connectivity index (χ3n) is 3.40. The van der Waals surface area contributed by atoms with Crippen LogP contribution < -0.4 is 10.1 Å². The third kappa shape index (κ3) is 7.76. The number of halogens is 3. The van der Waals surface area contributed by atoms with Crippen LogP contribution in [0.25, 0.3) is 0 Å². The molecule has 0 radical (unpaired) electrons. The number of carboxylic acid groups (broad SMARTS) is 1. The van der Waals surface area contributed by atoms with Crippen molar-refractivity contribution in [1.82, 2.24) is 0 Å². The first-order chi connectivity index (χ1) is 10.8. The Morgan fingerprint density at radius 2 is 1.83 bits per heavy atom. The second-order valence-electron chi connectivity index (χ2n) is 5.28. The molecule has 0 fully saturated rings. The summed E-state index contributed by atoms with van der Waals surface area (Å²) in [4.78, 5) is 11.0. The average Bonchev–Trinajstić information content (AvgIpc) is 2.48. The fourth-order valence-electron chi connectivity index (χ4n) is 2.19. The number of rotatable bonds is 10. The van der Waals surface area contributed by atoms with Crippen LogP contribution >= 0.6 is 0 Å². The molecule has 0 unspecified atom stereocenters. The summed E-state index contributed by atoms with van der Waals surface area (Å²) in [6.07, 6.45) is -1.52. The van der Waals surface area contributed by atoms with E-state index in [4.69, 9.17) is 9.84 Å². The van der Waals surface area contributed by atoms with Crippen LogP contribution in [-0.2, 0) is 0 Å². The fourth-order valence-corrected chi connectivity index (χ4v) is 2.19. The number of hydrogen-bond donors (Lipinski definition) is 2. The number of nitrogens with one attached hydrogen (secondary N) is 1. The SMILES string of the molecule is COc1cc(NCCCCCCCC(F)(F)F)ccc1C(=O)O. The molecule has 23 heavy (non-hydrogen) atoms. The number of anilines is 1. The highest BCUT2D eigenvalue weighted by Gasteiger charge is 2.25. The number of carboxylic acids is 1. The number of hydrogen-bond acceptors (Lipinski definition) is 3. The molecule has 1 aromatic rings. The van der Waals surface area contributed by atoms with Crippen LogP contribution in [0.2, 0.25) is 0 Å². The standard InChI is InChI=1S/C16H22F3NO3/c1-23-14-11-12(7-8-13(14)15(21)22)20-10-6-4-2-3-5-9-16(17,18)19/h7-8,11,20H,2-6,9-10H2,1H3,(H,21,22). The van der Waals surface area contributed by atoms with E-state index < -0.39 is 18.6 Å². The molecular formula is C16H22F3NO3. The molecule has 1 rings (SSSR count). The van der Waals surface area contributed by atoms with Crippen molar-refractivity contribution >= 4 is 11.7 Å². The summed E-state index contributed by atoms with van der Waals surface area (Å²) in [5.41, 5.74) is 0.853. The highest BCUT2D eigenvalue weighted by atomic mass is 19.4.